The van der Waals surface area contributed by atoms with Gasteiger partial charge in [-0.2, -0.15) is 5.10 Å². The van der Waals surface area contributed by atoms with Gasteiger partial charge in [0.15, 0.2) is 5.82 Å². The van der Waals surface area contributed by atoms with E-state index in [1.165, 1.54) is 0 Å². The van der Waals surface area contributed by atoms with Crippen molar-refractivity contribution in [1.29, 1.82) is 0 Å². The molecule has 0 bridgehead atoms. The summed E-state index contributed by atoms with van der Waals surface area (Å²) >= 11 is 1.59. The van der Waals surface area contributed by atoms with Crippen molar-refractivity contribution in [2.75, 3.05) is 0 Å². The lowest BCUT2D eigenvalue weighted by Crippen LogP contribution is -2.21. The molecular formula is C13H17N3O2S. The SMILES string of the molecule is Cn1nc(-c2cccs2)nc1CC(C)(C)CC(=O)O. The van der Waals surface area contributed by atoms with Gasteiger partial charge in [0.1, 0.15) is 5.82 Å². The van der Waals surface area contributed by atoms with Crippen molar-refractivity contribution in [3.63, 3.8) is 0 Å². The predicted octanol–water partition coefficient (Wildman–Crippen LogP) is 2.59. The van der Waals surface area contributed by atoms with Crippen LogP contribution in [0.15, 0.2) is 17.5 Å². The van der Waals surface area contributed by atoms with E-state index in [2.05, 4.69) is 10.1 Å². The van der Waals surface area contributed by atoms with Crippen molar-refractivity contribution in [3.8, 4) is 10.7 Å². The second-order valence-electron chi connectivity index (χ2n) is 5.36. The van der Waals surface area contributed by atoms with Gasteiger partial charge in [-0.05, 0) is 16.9 Å². The lowest BCUT2D eigenvalue weighted by atomic mass is 9.85. The molecule has 1 N–H and O–H groups in total. The summed E-state index contributed by atoms with van der Waals surface area (Å²) < 4.78 is 1.73. The van der Waals surface area contributed by atoms with Crippen LogP contribution < -0.4 is 0 Å². The Morgan fingerprint density at radius 1 is 1.53 bits per heavy atom. The molecule has 19 heavy (non-hydrogen) atoms. The van der Waals surface area contributed by atoms with E-state index in [9.17, 15) is 4.79 Å². The molecule has 2 rings (SSSR count). The highest BCUT2D eigenvalue weighted by Gasteiger charge is 2.25. The molecule has 0 aliphatic rings. The third-order valence-corrected chi connectivity index (χ3v) is 3.73. The third kappa shape index (κ3) is 3.41. The van der Waals surface area contributed by atoms with Gasteiger partial charge >= 0.3 is 5.97 Å². The van der Waals surface area contributed by atoms with Gasteiger partial charge in [0.2, 0.25) is 0 Å². The molecule has 0 spiro atoms. The van der Waals surface area contributed by atoms with Crippen molar-refractivity contribution in [3.05, 3.63) is 23.3 Å². The Labute approximate surface area is 115 Å². The highest BCUT2D eigenvalue weighted by molar-refractivity contribution is 7.13. The summed E-state index contributed by atoms with van der Waals surface area (Å²) in [6, 6.07) is 3.94. The Bertz CT molecular complexity index is 573. The maximum absolute atomic E-state index is 10.8. The minimum absolute atomic E-state index is 0.119. The number of aryl methyl sites for hydroxylation is 1. The van der Waals surface area contributed by atoms with Crippen molar-refractivity contribution in [2.45, 2.75) is 26.7 Å². The zero-order chi connectivity index (χ0) is 14.0. The van der Waals surface area contributed by atoms with Gasteiger partial charge in [0.25, 0.3) is 0 Å². The highest BCUT2D eigenvalue weighted by Crippen LogP contribution is 2.27. The number of carboxylic acid groups (broad SMARTS) is 1. The molecule has 0 aliphatic carbocycles. The fraction of sp³-hybridized carbons (Fsp3) is 0.462. The number of nitrogens with zero attached hydrogens (tertiary/aromatic N) is 3. The van der Waals surface area contributed by atoms with Crippen molar-refractivity contribution in [2.24, 2.45) is 12.5 Å². The first kappa shape index (κ1) is 13.7. The minimum atomic E-state index is -0.786. The van der Waals surface area contributed by atoms with Crippen molar-refractivity contribution >= 4 is 17.3 Å². The molecular weight excluding hydrogens is 262 g/mol. The smallest absolute Gasteiger partial charge is 0.303 e. The molecule has 6 heteroatoms. The first-order chi connectivity index (χ1) is 8.87. The number of aliphatic carboxylic acids is 1. The molecule has 0 fully saturated rings. The largest absolute Gasteiger partial charge is 0.481 e. The van der Waals surface area contributed by atoms with Crippen LogP contribution in [0.4, 0.5) is 0 Å². The van der Waals surface area contributed by atoms with Gasteiger partial charge < -0.3 is 5.11 Å². The van der Waals surface area contributed by atoms with Crippen LogP contribution in [-0.4, -0.2) is 25.8 Å². The van der Waals surface area contributed by atoms with E-state index in [0.29, 0.717) is 12.2 Å². The molecule has 0 aromatic carbocycles. The molecule has 0 atom stereocenters. The molecule has 5 nitrogen and oxygen atoms in total. The quantitative estimate of drug-likeness (QED) is 0.913. The number of thiophene rings is 1. The number of aromatic nitrogens is 3. The monoisotopic (exact) mass is 279 g/mol. The van der Waals surface area contributed by atoms with Gasteiger partial charge in [0.05, 0.1) is 11.3 Å². The predicted molar refractivity (Wildman–Crippen MR) is 74.1 cm³/mol. The summed E-state index contributed by atoms with van der Waals surface area (Å²) in [7, 11) is 1.84. The van der Waals surface area contributed by atoms with Gasteiger partial charge in [-0.3, -0.25) is 9.48 Å². The molecule has 102 valence electrons. The van der Waals surface area contributed by atoms with Crippen LogP contribution >= 0.6 is 11.3 Å². The van der Waals surface area contributed by atoms with Crippen LogP contribution in [0, 0.1) is 5.41 Å². The molecule has 0 radical (unpaired) electrons. The molecule has 0 aliphatic heterocycles. The normalized spacial score (nSPS) is 11.7. The van der Waals surface area contributed by atoms with Crippen molar-refractivity contribution < 1.29 is 9.90 Å². The molecule has 2 aromatic rings. The Morgan fingerprint density at radius 2 is 2.26 bits per heavy atom. The summed E-state index contributed by atoms with van der Waals surface area (Å²) in [6.07, 6.45) is 0.711. The zero-order valence-corrected chi connectivity index (χ0v) is 12.1. The second-order valence-corrected chi connectivity index (χ2v) is 6.31. The number of hydrogen-bond acceptors (Lipinski definition) is 4. The van der Waals surface area contributed by atoms with Crippen LogP contribution in [0.3, 0.4) is 0 Å². The average molecular weight is 279 g/mol. The zero-order valence-electron chi connectivity index (χ0n) is 11.3. The minimum Gasteiger partial charge on any atom is -0.481 e. The summed E-state index contributed by atoms with van der Waals surface area (Å²) in [5.74, 6) is 0.735. The van der Waals surface area contributed by atoms with E-state index >= 15 is 0 Å². The van der Waals surface area contributed by atoms with E-state index in [0.717, 1.165) is 10.7 Å². The average Bonchev–Trinajstić information content (AvgIpc) is 2.86. The fourth-order valence-corrected chi connectivity index (χ4v) is 2.63. The molecule has 2 aromatic heterocycles. The number of carbonyl (C=O) groups is 1. The van der Waals surface area contributed by atoms with E-state index in [-0.39, 0.29) is 11.8 Å². The first-order valence-electron chi connectivity index (χ1n) is 6.03. The molecule has 0 saturated heterocycles. The highest BCUT2D eigenvalue weighted by atomic mass is 32.1. The van der Waals surface area contributed by atoms with E-state index < -0.39 is 5.97 Å². The number of hydrogen-bond donors (Lipinski definition) is 1. The summed E-state index contributed by atoms with van der Waals surface area (Å²) in [4.78, 5) is 16.4. The van der Waals surface area contributed by atoms with E-state index in [1.807, 2.05) is 38.4 Å². The van der Waals surface area contributed by atoms with Crippen LogP contribution in [-0.2, 0) is 18.3 Å². The van der Waals surface area contributed by atoms with Gasteiger partial charge in [-0.1, -0.05) is 19.9 Å². The number of rotatable bonds is 5. The van der Waals surface area contributed by atoms with E-state index in [1.54, 1.807) is 16.0 Å². The topological polar surface area (TPSA) is 68.0 Å². The standard InChI is InChI=1S/C13H17N3O2S/c1-13(2,8-11(17)18)7-10-14-12(15-16(10)3)9-5-4-6-19-9/h4-6H,7-8H2,1-3H3,(H,17,18). The molecule has 2 heterocycles. The Hall–Kier alpha value is -1.69. The van der Waals surface area contributed by atoms with Crippen LogP contribution in [0.25, 0.3) is 10.7 Å². The lowest BCUT2D eigenvalue weighted by Gasteiger charge is -2.21. The molecule has 0 unspecified atom stereocenters. The number of carboxylic acids is 1. The Morgan fingerprint density at radius 3 is 2.84 bits per heavy atom. The molecule has 0 saturated carbocycles. The Balaban J connectivity index is 2.20. The lowest BCUT2D eigenvalue weighted by molar-refractivity contribution is -0.139. The fourth-order valence-electron chi connectivity index (χ4n) is 1.98. The summed E-state index contributed by atoms with van der Waals surface area (Å²) in [6.45, 7) is 3.86. The van der Waals surface area contributed by atoms with Gasteiger partial charge in [-0.15, -0.1) is 11.3 Å². The van der Waals surface area contributed by atoms with Gasteiger partial charge in [0, 0.05) is 13.5 Å². The van der Waals surface area contributed by atoms with Crippen LogP contribution in [0.5, 0.6) is 0 Å². The maximum Gasteiger partial charge on any atom is 0.303 e. The van der Waals surface area contributed by atoms with Gasteiger partial charge in [-0.25, -0.2) is 4.98 Å². The summed E-state index contributed by atoms with van der Waals surface area (Å²) in [5.41, 5.74) is -0.334. The van der Waals surface area contributed by atoms with E-state index in [4.69, 9.17) is 5.11 Å². The third-order valence-electron chi connectivity index (χ3n) is 2.86. The van der Waals surface area contributed by atoms with Crippen molar-refractivity contribution in [1.82, 2.24) is 14.8 Å². The Kier molecular flexibility index (Phi) is 3.71. The summed E-state index contributed by atoms with van der Waals surface area (Å²) in [5, 5.41) is 15.3. The van der Waals surface area contributed by atoms with Crippen LogP contribution in [0.2, 0.25) is 0 Å². The maximum atomic E-state index is 10.8. The second kappa shape index (κ2) is 5.13. The molecule has 0 amide bonds. The first-order valence-corrected chi connectivity index (χ1v) is 6.91. The van der Waals surface area contributed by atoms with Crippen LogP contribution in [0.1, 0.15) is 26.1 Å².